The summed E-state index contributed by atoms with van der Waals surface area (Å²) in [5.41, 5.74) is 4.10. The number of amides is 3. The molecule has 3 amide bonds. The lowest BCUT2D eigenvalue weighted by Crippen LogP contribution is -2.56. The topological polar surface area (TPSA) is 104 Å². The van der Waals surface area contributed by atoms with Gasteiger partial charge in [-0.1, -0.05) is 48.5 Å². The van der Waals surface area contributed by atoms with Crippen molar-refractivity contribution in [2.75, 3.05) is 6.61 Å². The fourth-order valence-electron chi connectivity index (χ4n) is 3.98. The van der Waals surface area contributed by atoms with Crippen molar-refractivity contribution in [1.29, 1.82) is 0 Å². The molecule has 0 aromatic heterocycles. The number of imide groups is 1. The second-order valence-corrected chi connectivity index (χ2v) is 7.26. The normalized spacial score (nSPS) is 16.2. The van der Waals surface area contributed by atoms with Crippen LogP contribution in [0.25, 0.3) is 11.1 Å². The van der Waals surface area contributed by atoms with Crippen LogP contribution < -0.4 is 0 Å². The van der Waals surface area contributed by atoms with E-state index in [1.165, 1.54) is 6.92 Å². The van der Waals surface area contributed by atoms with Gasteiger partial charge in [0.1, 0.15) is 6.61 Å². The number of carboxylic acid groups (broad SMARTS) is 1. The molecule has 1 fully saturated rings. The van der Waals surface area contributed by atoms with E-state index in [0.717, 1.165) is 22.3 Å². The summed E-state index contributed by atoms with van der Waals surface area (Å²) < 4.78 is 5.46. The van der Waals surface area contributed by atoms with Gasteiger partial charge in [-0.2, -0.15) is 10.0 Å². The lowest BCUT2D eigenvalue weighted by Gasteiger charge is -2.32. The number of benzene rings is 2. The third-order valence-electron chi connectivity index (χ3n) is 5.49. The molecule has 1 saturated heterocycles. The van der Waals surface area contributed by atoms with Gasteiger partial charge in [0.2, 0.25) is 11.8 Å². The summed E-state index contributed by atoms with van der Waals surface area (Å²) in [4.78, 5) is 48.6. The molecule has 2 aromatic rings. The van der Waals surface area contributed by atoms with Crippen LogP contribution in [0.4, 0.5) is 4.79 Å². The lowest BCUT2D eigenvalue weighted by atomic mass is 9.98. The van der Waals surface area contributed by atoms with Crippen LogP contribution in [0.5, 0.6) is 0 Å². The first-order valence-corrected chi connectivity index (χ1v) is 9.63. The summed E-state index contributed by atoms with van der Waals surface area (Å²) in [6, 6.07) is 14.1. The van der Waals surface area contributed by atoms with Crippen molar-refractivity contribution in [3.05, 3.63) is 59.7 Å². The Morgan fingerprint density at radius 1 is 1.03 bits per heavy atom. The molecule has 0 spiro atoms. The second-order valence-electron chi connectivity index (χ2n) is 7.26. The fraction of sp³-hybridized carbons (Fsp3) is 0.273. The Morgan fingerprint density at radius 3 is 2.03 bits per heavy atom. The smallest absolute Gasteiger partial charge is 0.430 e. The van der Waals surface area contributed by atoms with E-state index >= 15 is 0 Å². The molecule has 0 radical (unpaired) electrons. The highest BCUT2D eigenvalue weighted by Crippen LogP contribution is 2.44. The average Bonchev–Trinajstić information content (AvgIpc) is 3.24. The summed E-state index contributed by atoms with van der Waals surface area (Å²) in [7, 11) is 0. The summed E-state index contributed by atoms with van der Waals surface area (Å²) >= 11 is 0. The van der Waals surface area contributed by atoms with Gasteiger partial charge in [0.25, 0.3) is 0 Å². The van der Waals surface area contributed by atoms with E-state index in [1.807, 2.05) is 48.5 Å². The van der Waals surface area contributed by atoms with Crippen molar-refractivity contribution >= 4 is 23.9 Å². The highest BCUT2D eigenvalue weighted by atomic mass is 16.6. The van der Waals surface area contributed by atoms with E-state index in [-0.39, 0.29) is 25.4 Å². The Hall–Kier alpha value is -3.68. The number of carbonyl (C=O) groups is 4. The third kappa shape index (κ3) is 3.20. The van der Waals surface area contributed by atoms with Crippen LogP contribution in [-0.2, 0) is 19.1 Å². The van der Waals surface area contributed by atoms with Crippen molar-refractivity contribution in [3.63, 3.8) is 0 Å². The number of fused-ring (bicyclic) bond motifs is 3. The Labute approximate surface area is 172 Å². The number of rotatable bonds is 5. The van der Waals surface area contributed by atoms with Gasteiger partial charge in [0.15, 0.2) is 6.04 Å². The van der Waals surface area contributed by atoms with Crippen LogP contribution in [0.15, 0.2) is 48.5 Å². The standard InChI is InChI=1S/C22H20N2O6/c1-13(21(27)28)23(24-19(25)10-11-20(24)26)22(29)30-12-18-16-8-4-2-6-14(16)15-7-3-5-9-17(15)18/h2-9,13,18H,10-12H2,1H3,(H,27,28)/t13-/m0/s1. The van der Waals surface area contributed by atoms with E-state index in [0.29, 0.717) is 10.0 Å². The molecular weight excluding hydrogens is 388 g/mol. The van der Waals surface area contributed by atoms with Gasteiger partial charge in [-0.15, -0.1) is 0 Å². The molecule has 1 aliphatic carbocycles. The molecule has 30 heavy (non-hydrogen) atoms. The van der Waals surface area contributed by atoms with Gasteiger partial charge >= 0.3 is 12.1 Å². The molecular formula is C22H20N2O6. The van der Waals surface area contributed by atoms with Gasteiger partial charge in [0, 0.05) is 18.8 Å². The zero-order valence-corrected chi connectivity index (χ0v) is 16.3. The van der Waals surface area contributed by atoms with Gasteiger partial charge < -0.3 is 9.84 Å². The van der Waals surface area contributed by atoms with E-state index in [1.54, 1.807) is 0 Å². The summed E-state index contributed by atoms with van der Waals surface area (Å²) in [6.07, 6.45) is -1.19. The van der Waals surface area contributed by atoms with Crippen LogP contribution >= 0.6 is 0 Å². The van der Waals surface area contributed by atoms with E-state index < -0.39 is 29.9 Å². The first-order valence-electron chi connectivity index (χ1n) is 9.63. The number of hydrazine groups is 1. The molecule has 2 aliphatic rings. The largest absolute Gasteiger partial charge is 0.480 e. The maximum atomic E-state index is 12.8. The van der Waals surface area contributed by atoms with Crippen molar-refractivity contribution in [2.45, 2.75) is 31.7 Å². The number of carboxylic acids is 1. The van der Waals surface area contributed by atoms with Crippen molar-refractivity contribution in [1.82, 2.24) is 10.0 Å². The van der Waals surface area contributed by atoms with E-state index in [9.17, 15) is 24.3 Å². The maximum Gasteiger partial charge on any atom is 0.430 e. The van der Waals surface area contributed by atoms with Crippen LogP contribution in [0, 0.1) is 0 Å². The molecule has 1 aliphatic heterocycles. The molecule has 1 heterocycles. The molecule has 4 rings (SSSR count). The monoisotopic (exact) mass is 408 g/mol. The molecule has 0 bridgehead atoms. The highest BCUT2D eigenvalue weighted by molar-refractivity contribution is 6.03. The van der Waals surface area contributed by atoms with Gasteiger partial charge in [0.05, 0.1) is 0 Å². The second kappa shape index (κ2) is 7.62. The van der Waals surface area contributed by atoms with Crippen LogP contribution in [0.1, 0.15) is 36.8 Å². The predicted molar refractivity (Wildman–Crippen MR) is 105 cm³/mol. The maximum absolute atomic E-state index is 12.8. The quantitative estimate of drug-likeness (QED) is 0.763. The zero-order valence-electron chi connectivity index (χ0n) is 16.3. The number of nitrogens with zero attached hydrogens (tertiary/aromatic N) is 2. The summed E-state index contributed by atoms with van der Waals surface area (Å²) in [5.74, 6) is -2.83. The number of carbonyl (C=O) groups excluding carboxylic acids is 3. The summed E-state index contributed by atoms with van der Waals surface area (Å²) in [6.45, 7) is 1.18. The SMILES string of the molecule is C[C@@H](C(=O)O)N(C(=O)OCC1c2ccccc2-c2ccccc21)N1C(=O)CCC1=O. The third-order valence-corrected chi connectivity index (χ3v) is 5.49. The fourth-order valence-corrected chi connectivity index (χ4v) is 3.98. The number of hydrogen-bond donors (Lipinski definition) is 1. The van der Waals surface area contributed by atoms with Gasteiger partial charge in [-0.3, -0.25) is 9.59 Å². The predicted octanol–water partition coefficient (Wildman–Crippen LogP) is 2.77. The van der Waals surface area contributed by atoms with Crippen LogP contribution in [0.2, 0.25) is 0 Å². The minimum atomic E-state index is -1.44. The molecule has 1 atom stereocenters. The Morgan fingerprint density at radius 2 is 1.53 bits per heavy atom. The molecule has 8 nitrogen and oxygen atoms in total. The minimum absolute atomic E-state index is 0.0497. The lowest BCUT2D eigenvalue weighted by molar-refractivity contribution is -0.163. The van der Waals surface area contributed by atoms with Crippen molar-refractivity contribution in [3.8, 4) is 11.1 Å². The number of ether oxygens (including phenoxy) is 1. The Kier molecular flexibility index (Phi) is 4.99. The highest BCUT2D eigenvalue weighted by Gasteiger charge is 2.42. The first-order chi connectivity index (χ1) is 14.4. The van der Waals surface area contributed by atoms with Crippen LogP contribution in [0.3, 0.4) is 0 Å². The molecule has 154 valence electrons. The zero-order chi connectivity index (χ0) is 21.4. The van der Waals surface area contributed by atoms with Gasteiger partial charge in [-0.05, 0) is 29.2 Å². The summed E-state index contributed by atoms with van der Waals surface area (Å²) in [5, 5.41) is 10.6. The Bertz CT molecular complexity index is 988. The average molecular weight is 408 g/mol. The van der Waals surface area contributed by atoms with Crippen LogP contribution in [-0.4, -0.2) is 51.6 Å². The minimum Gasteiger partial charge on any atom is -0.480 e. The molecule has 0 saturated carbocycles. The van der Waals surface area contributed by atoms with Gasteiger partial charge in [-0.25, -0.2) is 9.59 Å². The molecule has 1 N–H and O–H groups in total. The Balaban J connectivity index is 1.59. The molecule has 0 unspecified atom stereocenters. The van der Waals surface area contributed by atoms with E-state index in [2.05, 4.69) is 0 Å². The molecule has 2 aromatic carbocycles. The molecule has 8 heteroatoms. The van der Waals surface area contributed by atoms with E-state index in [4.69, 9.17) is 4.74 Å². The number of aliphatic carboxylic acids is 1. The van der Waals surface area contributed by atoms with Crippen molar-refractivity contribution in [2.24, 2.45) is 0 Å². The number of hydrogen-bond acceptors (Lipinski definition) is 5. The first kappa shape index (κ1) is 19.6. The van der Waals surface area contributed by atoms with Crippen molar-refractivity contribution < 1.29 is 29.0 Å².